The molecule has 0 fully saturated rings. The Hall–Kier alpha value is -2.57. The normalized spacial score (nSPS) is 12.1. The molecule has 1 N–H and O–H groups in total. The van der Waals surface area contributed by atoms with Crippen LogP contribution in [0.5, 0.6) is 0 Å². The van der Waals surface area contributed by atoms with Gasteiger partial charge in [0.05, 0.1) is 6.04 Å². The van der Waals surface area contributed by atoms with Crippen molar-refractivity contribution in [2.24, 2.45) is 0 Å². The zero-order chi connectivity index (χ0) is 20.5. The lowest BCUT2D eigenvalue weighted by molar-refractivity contribution is -0.122. The van der Waals surface area contributed by atoms with Gasteiger partial charge in [-0.3, -0.25) is 15.0 Å². The Balaban J connectivity index is 1.82. The first-order valence-electron chi connectivity index (χ1n) is 10.1. The van der Waals surface area contributed by atoms with Crippen molar-refractivity contribution < 1.29 is 4.79 Å². The smallest absolute Gasteiger partial charge is 0.243 e. The van der Waals surface area contributed by atoms with Crippen LogP contribution in [0, 0.1) is 0 Å². The fraction of sp³-hybridized carbons (Fsp3) is 0.348. The number of benzene rings is 2. The van der Waals surface area contributed by atoms with Crippen molar-refractivity contribution in [1.29, 1.82) is 0 Å². The van der Waals surface area contributed by atoms with Crippen LogP contribution in [0.25, 0.3) is 0 Å². The molecule has 5 nitrogen and oxygen atoms in total. The standard InChI is InChI=1S/C23H28N4OS/c1-3-11-20(22(28)24-23-26-25-21(4-2)29-23)27(16-18-12-7-5-8-13-18)17-19-14-9-6-10-15-19/h5-10,12-15,20H,3-4,11,16-17H2,1-2H3,(H,24,26,28). The maximum absolute atomic E-state index is 13.2. The molecule has 1 atom stereocenters. The van der Waals surface area contributed by atoms with Gasteiger partial charge in [-0.25, -0.2) is 0 Å². The highest BCUT2D eigenvalue weighted by Crippen LogP contribution is 2.20. The number of carbonyl (C=O) groups excluding carboxylic acids is 1. The number of aromatic nitrogens is 2. The first-order chi connectivity index (χ1) is 14.2. The molecular weight excluding hydrogens is 380 g/mol. The predicted molar refractivity (Wildman–Crippen MR) is 119 cm³/mol. The van der Waals surface area contributed by atoms with Gasteiger partial charge in [0.1, 0.15) is 5.01 Å². The SMILES string of the molecule is CCCC(C(=O)Nc1nnc(CC)s1)N(Cc1ccccc1)Cc1ccccc1. The van der Waals surface area contributed by atoms with Crippen LogP contribution in [0.1, 0.15) is 42.8 Å². The summed E-state index contributed by atoms with van der Waals surface area (Å²) in [6, 6.07) is 20.4. The molecule has 0 aliphatic heterocycles. The topological polar surface area (TPSA) is 58.1 Å². The molecule has 3 rings (SSSR count). The van der Waals surface area contributed by atoms with E-state index >= 15 is 0 Å². The number of hydrogen-bond acceptors (Lipinski definition) is 5. The number of rotatable bonds is 10. The zero-order valence-electron chi connectivity index (χ0n) is 17.0. The van der Waals surface area contributed by atoms with Gasteiger partial charge >= 0.3 is 0 Å². The highest BCUT2D eigenvalue weighted by atomic mass is 32.1. The molecule has 1 unspecified atom stereocenters. The minimum atomic E-state index is -0.241. The molecule has 0 saturated heterocycles. The summed E-state index contributed by atoms with van der Waals surface area (Å²) in [5.41, 5.74) is 2.39. The molecule has 0 saturated carbocycles. The largest absolute Gasteiger partial charge is 0.299 e. The quantitative estimate of drug-likeness (QED) is 0.518. The summed E-state index contributed by atoms with van der Waals surface area (Å²) in [4.78, 5) is 15.5. The van der Waals surface area contributed by atoms with E-state index in [1.165, 1.54) is 22.5 Å². The maximum atomic E-state index is 13.2. The highest BCUT2D eigenvalue weighted by molar-refractivity contribution is 7.15. The second-order valence-electron chi connectivity index (χ2n) is 7.02. The van der Waals surface area contributed by atoms with E-state index < -0.39 is 0 Å². The van der Waals surface area contributed by atoms with Crippen molar-refractivity contribution in [3.63, 3.8) is 0 Å². The molecule has 6 heteroatoms. The molecule has 0 bridgehead atoms. The Bertz CT molecular complexity index is 841. The van der Waals surface area contributed by atoms with Crippen LogP contribution in [-0.4, -0.2) is 27.0 Å². The van der Waals surface area contributed by atoms with Crippen LogP contribution in [0.2, 0.25) is 0 Å². The van der Waals surface area contributed by atoms with E-state index in [9.17, 15) is 4.79 Å². The number of aryl methyl sites for hydroxylation is 1. The van der Waals surface area contributed by atoms with Crippen molar-refractivity contribution in [1.82, 2.24) is 15.1 Å². The Kier molecular flexibility index (Phi) is 7.90. The Morgan fingerprint density at radius 3 is 2.03 bits per heavy atom. The van der Waals surface area contributed by atoms with Crippen molar-refractivity contribution >= 4 is 22.4 Å². The van der Waals surface area contributed by atoms with Crippen LogP contribution < -0.4 is 5.32 Å². The monoisotopic (exact) mass is 408 g/mol. The highest BCUT2D eigenvalue weighted by Gasteiger charge is 2.26. The lowest BCUT2D eigenvalue weighted by Gasteiger charge is -2.30. The van der Waals surface area contributed by atoms with E-state index in [1.54, 1.807) is 0 Å². The van der Waals surface area contributed by atoms with Gasteiger partial charge < -0.3 is 0 Å². The predicted octanol–water partition coefficient (Wildman–Crippen LogP) is 4.91. The van der Waals surface area contributed by atoms with Crippen LogP contribution in [-0.2, 0) is 24.3 Å². The van der Waals surface area contributed by atoms with Gasteiger partial charge in [0.25, 0.3) is 0 Å². The van der Waals surface area contributed by atoms with E-state index in [-0.39, 0.29) is 11.9 Å². The van der Waals surface area contributed by atoms with E-state index in [0.717, 1.165) is 24.3 Å². The fourth-order valence-electron chi connectivity index (χ4n) is 3.30. The van der Waals surface area contributed by atoms with E-state index in [2.05, 4.69) is 51.6 Å². The summed E-state index contributed by atoms with van der Waals surface area (Å²) in [6.45, 7) is 5.57. The second-order valence-corrected chi connectivity index (χ2v) is 8.09. The van der Waals surface area contributed by atoms with Crippen LogP contribution in [0.15, 0.2) is 60.7 Å². The first kappa shape index (κ1) is 21.1. The number of amides is 1. The third kappa shape index (κ3) is 6.21. The number of anilines is 1. The molecule has 0 spiro atoms. The van der Waals surface area contributed by atoms with E-state index in [0.29, 0.717) is 18.2 Å². The minimum absolute atomic E-state index is 0.0162. The maximum Gasteiger partial charge on any atom is 0.243 e. The number of nitrogens with one attached hydrogen (secondary N) is 1. The average Bonchev–Trinajstić information content (AvgIpc) is 3.20. The van der Waals surface area contributed by atoms with Crippen LogP contribution in [0.4, 0.5) is 5.13 Å². The molecule has 1 amide bonds. The Labute approximate surface area is 176 Å². The average molecular weight is 409 g/mol. The minimum Gasteiger partial charge on any atom is -0.299 e. The molecule has 2 aromatic carbocycles. The van der Waals surface area contributed by atoms with Gasteiger partial charge in [0.15, 0.2) is 0 Å². The van der Waals surface area contributed by atoms with Crippen LogP contribution >= 0.6 is 11.3 Å². The van der Waals surface area contributed by atoms with Crippen molar-refractivity contribution in [3.05, 3.63) is 76.8 Å². The Morgan fingerprint density at radius 2 is 1.55 bits per heavy atom. The van der Waals surface area contributed by atoms with Gasteiger partial charge in [-0.15, -0.1) is 10.2 Å². The number of nitrogens with zero attached hydrogens (tertiary/aromatic N) is 3. The van der Waals surface area contributed by atoms with Crippen molar-refractivity contribution in [2.75, 3.05) is 5.32 Å². The number of carbonyl (C=O) groups is 1. The van der Waals surface area contributed by atoms with Gasteiger partial charge in [0.2, 0.25) is 11.0 Å². The molecule has 0 aliphatic carbocycles. The molecule has 29 heavy (non-hydrogen) atoms. The molecular formula is C23H28N4OS. The molecule has 152 valence electrons. The van der Waals surface area contributed by atoms with Crippen molar-refractivity contribution in [2.45, 2.75) is 52.2 Å². The summed E-state index contributed by atoms with van der Waals surface area (Å²) >= 11 is 1.44. The third-order valence-corrected chi connectivity index (χ3v) is 5.74. The first-order valence-corrected chi connectivity index (χ1v) is 11.0. The summed E-state index contributed by atoms with van der Waals surface area (Å²) < 4.78 is 0. The van der Waals surface area contributed by atoms with Crippen molar-refractivity contribution in [3.8, 4) is 0 Å². The summed E-state index contributed by atoms with van der Waals surface area (Å²) in [7, 11) is 0. The summed E-state index contributed by atoms with van der Waals surface area (Å²) in [5.74, 6) is -0.0162. The summed E-state index contributed by atoms with van der Waals surface area (Å²) in [6.07, 6.45) is 2.53. The molecule has 0 radical (unpaired) electrons. The van der Waals surface area contributed by atoms with Gasteiger partial charge in [-0.05, 0) is 24.0 Å². The van der Waals surface area contributed by atoms with E-state index in [4.69, 9.17) is 0 Å². The van der Waals surface area contributed by atoms with Gasteiger partial charge in [0, 0.05) is 13.1 Å². The molecule has 1 aromatic heterocycles. The van der Waals surface area contributed by atoms with Gasteiger partial charge in [-0.2, -0.15) is 0 Å². The lowest BCUT2D eigenvalue weighted by atomic mass is 10.1. The molecule has 3 aromatic rings. The lowest BCUT2D eigenvalue weighted by Crippen LogP contribution is -2.43. The van der Waals surface area contributed by atoms with E-state index in [1.807, 2.05) is 43.3 Å². The zero-order valence-corrected chi connectivity index (χ0v) is 17.9. The van der Waals surface area contributed by atoms with Gasteiger partial charge in [-0.1, -0.05) is 92.3 Å². The second kappa shape index (κ2) is 10.8. The fourth-order valence-corrected chi connectivity index (χ4v) is 3.98. The summed E-state index contributed by atoms with van der Waals surface area (Å²) in [5, 5.41) is 12.7. The number of hydrogen-bond donors (Lipinski definition) is 1. The Morgan fingerprint density at radius 1 is 0.966 bits per heavy atom. The third-order valence-electron chi connectivity index (χ3n) is 4.76. The molecule has 1 heterocycles. The van der Waals surface area contributed by atoms with Crippen LogP contribution in [0.3, 0.4) is 0 Å². The molecule has 0 aliphatic rings.